The maximum absolute atomic E-state index is 14.5. The second-order valence-electron chi connectivity index (χ2n) is 20.9. The molecule has 0 radical (unpaired) electrons. The van der Waals surface area contributed by atoms with Gasteiger partial charge >= 0.3 is 5.97 Å². The van der Waals surface area contributed by atoms with E-state index in [1.165, 1.54) is 12.0 Å². The summed E-state index contributed by atoms with van der Waals surface area (Å²) in [6.45, 7) is 12.9. The molecule has 0 aromatic rings. The van der Waals surface area contributed by atoms with Gasteiger partial charge in [-0.05, 0) is 113 Å². The first-order chi connectivity index (χ1) is 33.8. The third kappa shape index (κ3) is 17.0. The molecule has 2 bridgehead atoms. The highest BCUT2D eigenvalue weighted by molar-refractivity contribution is 6.39. The summed E-state index contributed by atoms with van der Waals surface area (Å²) in [6.07, 6.45) is 11.9. The molecule has 16 heteroatoms. The molecule has 16 nitrogen and oxygen atoms in total. The lowest BCUT2D eigenvalue weighted by molar-refractivity contribution is -0.266. The summed E-state index contributed by atoms with van der Waals surface area (Å²) in [5, 5.41) is 42.5. The summed E-state index contributed by atoms with van der Waals surface area (Å²) in [4.78, 5) is 72.4. The Morgan fingerprint density at radius 2 is 1.58 bits per heavy atom. The Balaban J connectivity index is 1.70. The van der Waals surface area contributed by atoms with E-state index in [4.69, 9.17) is 28.4 Å². The predicted molar refractivity (Wildman–Crippen MR) is 267 cm³/mol. The van der Waals surface area contributed by atoms with Crippen molar-refractivity contribution in [1.29, 1.82) is 0 Å². The number of methoxy groups -OCH3 is 2. The minimum Gasteiger partial charge on any atom is -0.460 e. The maximum atomic E-state index is 14.5. The SMILES string of the molecule is CO[C@@H]1C[C@H](C[C@@H](C)[C@@H]2CC(=O)[C@H](C)/C=C(\C)[C@@H](O)[C@@H](OC)C(=O)[C@H](C)C[C@H](C)/C=C/C=C/C=C(\C)C(OCCO)C[C@@H]3CC[C@@H](C)[C@@](O)(O3)C(=O)C(=O)N3CCCC[C@H]3C(=O)O2)CC[C@H]1OCCCO. The maximum Gasteiger partial charge on any atom is 0.329 e. The monoisotopic (exact) mass is 1000 g/mol. The zero-order valence-electron chi connectivity index (χ0n) is 44.0. The number of carbonyl (C=O) groups is 5. The standard InChI is InChI=1S/C55H87NO15/c1-34-16-11-10-12-17-35(2)46(69-27-25-58)32-42-21-19-40(7)55(65,71-42)52(62)53(63)56-23-14-13-18-43(56)54(64)70-47(37(4)30-41-20-22-45(48(31-41)66-8)68-26-15-24-57)33-44(59)36(3)29-39(6)50(61)51(67-9)49(60)38(5)28-34/h10-12,16-17,29,34,36-38,40-43,45-48,50-51,57-58,61,65H,13-15,18-28,30-33H2,1-9H3/b12-10+,16-11+,35-17+,39-29+/t34-,36-,37-,38-,40-,41+,42+,43+,45-,46?,47+,48-,50-,51+,55-/m1/s1. The van der Waals surface area contributed by atoms with E-state index in [0.717, 1.165) is 18.4 Å². The van der Waals surface area contributed by atoms with Crippen LogP contribution in [0.2, 0.25) is 0 Å². The lowest BCUT2D eigenvalue weighted by atomic mass is 9.78. The largest absolute Gasteiger partial charge is 0.460 e. The van der Waals surface area contributed by atoms with Crippen molar-refractivity contribution in [3.8, 4) is 0 Å². The molecule has 3 aliphatic heterocycles. The number of Topliss-reactive ketones (excluding diaryl/α,β-unsaturated/α-hetero) is 3. The number of nitrogens with zero attached hydrogens (tertiary/aromatic N) is 1. The summed E-state index contributed by atoms with van der Waals surface area (Å²) >= 11 is 0. The Labute approximate surface area is 422 Å². The van der Waals surface area contributed by atoms with Crippen LogP contribution in [0, 0.1) is 35.5 Å². The van der Waals surface area contributed by atoms with Crippen molar-refractivity contribution in [2.45, 2.75) is 186 Å². The number of ether oxygens (including phenoxy) is 6. The number of esters is 1. The van der Waals surface area contributed by atoms with E-state index in [1.807, 2.05) is 51.2 Å². The van der Waals surface area contributed by atoms with Gasteiger partial charge in [-0.1, -0.05) is 71.1 Å². The highest BCUT2D eigenvalue weighted by atomic mass is 16.6. The summed E-state index contributed by atoms with van der Waals surface area (Å²) in [7, 11) is 3.02. The van der Waals surface area contributed by atoms with Gasteiger partial charge in [0.15, 0.2) is 5.78 Å². The van der Waals surface area contributed by atoms with E-state index in [9.17, 15) is 44.4 Å². The Kier molecular flexibility index (Phi) is 24.9. The van der Waals surface area contributed by atoms with Gasteiger partial charge < -0.3 is 53.7 Å². The molecule has 1 unspecified atom stereocenters. The quantitative estimate of drug-likeness (QED) is 0.0768. The molecule has 1 amide bonds. The van der Waals surface area contributed by atoms with Crippen LogP contribution in [0.25, 0.3) is 0 Å². The lowest BCUT2D eigenvalue weighted by Gasteiger charge is -2.43. The molecule has 1 saturated carbocycles. The second-order valence-corrected chi connectivity index (χ2v) is 20.9. The van der Waals surface area contributed by atoms with Crippen molar-refractivity contribution in [2.24, 2.45) is 35.5 Å². The van der Waals surface area contributed by atoms with Gasteiger partial charge in [0, 0.05) is 64.6 Å². The fourth-order valence-corrected chi connectivity index (χ4v) is 10.7. The van der Waals surface area contributed by atoms with Crippen molar-refractivity contribution in [3.63, 3.8) is 0 Å². The van der Waals surface area contributed by atoms with E-state index >= 15 is 0 Å². The number of ketones is 3. The Morgan fingerprint density at radius 3 is 2.27 bits per heavy atom. The van der Waals surface area contributed by atoms with Crippen LogP contribution in [-0.2, 0) is 52.4 Å². The Morgan fingerprint density at radius 1 is 0.831 bits per heavy atom. The number of carbonyl (C=O) groups excluding carboxylic acids is 5. The number of piperidine rings is 1. The van der Waals surface area contributed by atoms with Gasteiger partial charge in [0.1, 0.15) is 30.1 Å². The number of rotatable bonds is 12. The molecule has 0 aromatic heterocycles. The first-order valence-electron chi connectivity index (χ1n) is 26.2. The van der Waals surface area contributed by atoms with Gasteiger partial charge in [-0.15, -0.1) is 0 Å². The Bertz CT molecular complexity index is 1860. The van der Waals surface area contributed by atoms with Crippen molar-refractivity contribution < 1.29 is 72.8 Å². The lowest BCUT2D eigenvalue weighted by Crippen LogP contribution is -2.61. The average molecular weight is 1000 g/mol. The van der Waals surface area contributed by atoms with Gasteiger partial charge in [0.25, 0.3) is 11.7 Å². The van der Waals surface area contributed by atoms with Crippen LogP contribution in [0.3, 0.4) is 0 Å². The molecule has 1 aliphatic carbocycles. The van der Waals surface area contributed by atoms with Crippen molar-refractivity contribution in [3.05, 3.63) is 47.6 Å². The number of aliphatic hydroxyl groups excluding tert-OH is 3. The van der Waals surface area contributed by atoms with Crippen LogP contribution >= 0.6 is 0 Å². The summed E-state index contributed by atoms with van der Waals surface area (Å²) < 4.78 is 36.0. The van der Waals surface area contributed by atoms with Gasteiger partial charge in [0.05, 0.1) is 37.6 Å². The molecule has 3 fully saturated rings. The summed E-state index contributed by atoms with van der Waals surface area (Å²) in [5.74, 6) is -8.21. The minimum atomic E-state index is -2.49. The van der Waals surface area contributed by atoms with Crippen molar-refractivity contribution in [1.82, 2.24) is 4.90 Å². The normalized spacial score (nSPS) is 38.0. The molecule has 4 N–H and O–H groups in total. The molecule has 2 saturated heterocycles. The topological polar surface area (TPSA) is 225 Å². The van der Waals surface area contributed by atoms with Crippen molar-refractivity contribution >= 4 is 29.2 Å². The van der Waals surface area contributed by atoms with Gasteiger partial charge in [-0.25, -0.2) is 4.79 Å². The Hall–Kier alpha value is -3.45. The van der Waals surface area contributed by atoms with Crippen LogP contribution < -0.4 is 0 Å². The number of hydrogen-bond acceptors (Lipinski definition) is 15. The first-order valence-corrected chi connectivity index (χ1v) is 26.2. The van der Waals surface area contributed by atoms with E-state index in [0.29, 0.717) is 63.5 Å². The molecule has 4 rings (SSSR count). The summed E-state index contributed by atoms with van der Waals surface area (Å²) in [5.41, 5.74) is 1.17. The highest BCUT2D eigenvalue weighted by Gasteiger charge is 2.53. The number of amides is 1. The minimum absolute atomic E-state index is 0.0125. The molecule has 0 spiro atoms. The predicted octanol–water partition coefficient (Wildman–Crippen LogP) is 5.95. The first kappa shape index (κ1) is 60.1. The zero-order valence-corrected chi connectivity index (χ0v) is 44.0. The second kappa shape index (κ2) is 29.4. The van der Waals surface area contributed by atoms with E-state index in [-0.39, 0.29) is 87.2 Å². The van der Waals surface area contributed by atoms with Gasteiger partial charge in [-0.3, -0.25) is 19.2 Å². The van der Waals surface area contributed by atoms with Gasteiger partial charge in [0.2, 0.25) is 5.79 Å². The molecular weight excluding hydrogens is 915 g/mol. The fourth-order valence-electron chi connectivity index (χ4n) is 10.7. The molecule has 402 valence electrons. The fraction of sp³-hybridized carbons (Fsp3) is 0.764. The van der Waals surface area contributed by atoms with Gasteiger partial charge in [-0.2, -0.15) is 0 Å². The zero-order chi connectivity index (χ0) is 52.4. The van der Waals surface area contributed by atoms with E-state index in [2.05, 4.69) is 0 Å². The molecule has 3 heterocycles. The van der Waals surface area contributed by atoms with Crippen LogP contribution in [0.5, 0.6) is 0 Å². The number of fused-ring (bicyclic) bond motifs is 3. The highest BCUT2D eigenvalue weighted by Crippen LogP contribution is 2.38. The summed E-state index contributed by atoms with van der Waals surface area (Å²) in [6, 6.07) is -1.17. The van der Waals surface area contributed by atoms with Crippen LogP contribution in [0.4, 0.5) is 0 Å². The average Bonchev–Trinajstić information content (AvgIpc) is 3.35. The molecule has 71 heavy (non-hydrogen) atoms. The van der Waals surface area contributed by atoms with Crippen LogP contribution in [0.15, 0.2) is 47.6 Å². The van der Waals surface area contributed by atoms with E-state index in [1.54, 1.807) is 40.9 Å². The smallest absolute Gasteiger partial charge is 0.329 e. The van der Waals surface area contributed by atoms with Crippen molar-refractivity contribution in [2.75, 3.05) is 47.2 Å². The molecule has 4 aliphatic rings. The number of cyclic esters (lactones) is 1. The molecule has 0 aromatic carbocycles. The number of allylic oxidation sites excluding steroid dienone is 6. The third-order valence-electron chi connectivity index (χ3n) is 15.2. The molecular formula is C55H87NO15. The number of aliphatic hydroxyl groups is 4. The van der Waals surface area contributed by atoms with Crippen LogP contribution in [0.1, 0.15) is 132 Å². The third-order valence-corrected chi connectivity index (χ3v) is 15.2. The molecule has 15 atom stereocenters. The number of hydrogen-bond donors (Lipinski definition) is 4. The van der Waals surface area contributed by atoms with E-state index < -0.39 is 77.8 Å². The van der Waals surface area contributed by atoms with Crippen LogP contribution in [-0.4, -0.2) is 156 Å².